The van der Waals surface area contributed by atoms with Gasteiger partial charge in [-0.15, -0.1) is 0 Å². The van der Waals surface area contributed by atoms with Gasteiger partial charge in [-0.1, -0.05) is 38.2 Å². The van der Waals surface area contributed by atoms with Crippen LogP contribution in [0.5, 0.6) is 11.5 Å². The molecule has 5 atom stereocenters. The summed E-state index contributed by atoms with van der Waals surface area (Å²) in [5.74, 6) is -0.911. The highest BCUT2D eigenvalue weighted by molar-refractivity contribution is 5.97. The van der Waals surface area contributed by atoms with Gasteiger partial charge in [0.25, 0.3) is 0 Å². The number of methoxy groups -OCH3 is 1. The maximum atomic E-state index is 13.1. The van der Waals surface area contributed by atoms with Gasteiger partial charge in [0, 0.05) is 25.0 Å². The molecule has 0 amide bonds. The summed E-state index contributed by atoms with van der Waals surface area (Å²) in [6, 6.07) is 2.90. The quantitative estimate of drug-likeness (QED) is 0.410. The van der Waals surface area contributed by atoms with Crippen LogP contribution in [0.3, 0.4) is 0 Å². The van der Waals surface area contributed by atoms with Crippen LogP contribution in [0.2, 0.25) is 0 Å². The van der Waals surface area contributed by atoms with E-state index in [1.165, 1.54) is 19.2 Å². The van der Waals surface area contributed by atoms with Crippen LogP contribution in [-0.2, 0) is 18.9 Å². The van der Waals surface area contributed by atoms with Gasteiger partial charge < -0.3 is 28.8 Å². The summed E-state index contributed by atoms with van der Waals surface area (Å²) >= 11 is 0. The molecule has 0 aliphatic carbocycles. The molecule has 2 heterocycles. The van der Waals surface area contributed by atoms with Crippen LogP contribution in [0.25, 0.3) is 6.08 Å². The van der Waals surface area contributed by atoms with Crippen molar-refractivity contribution in [3.63, 3.8) is 0 Å². The van der Waals surface area contributed by atoms with E-state index in [0.717, 1.165) is 0 Å². The smallest absolute Gasteiger partial charge is 0.342 e. The molecule has 0 saturated carbocycles. The standard InChI is InChI=1S/C25H34O7/c1-15-10-11-16(2)23-20(31-25(4,5)32-23)9-7-8-18-12-19(26)13-21(29-14-28-6)22(18)24(27)30-17(15)3/h7-8,10-13,15-17,20,23,26H,9,14H2,1-6H3/b8-7?,11-10-/t15-,16?,17+,20?,23?/m1/s1. The third kappa shape index (κ3) is 5.71. The summed E-state index contributed by atoms with van der Waals surface area (Å²) in [5, 5.41) is 10.2. The number of hydrogen-bond acceptors (Lipinski definition) is 7. The number of rotatable bonds is 3. The zero-order chi connectivity index (χ0) is 23.5. The Morgan fingerprint density at radius 3 is 2.56 bits per heavy atom. The molecule has 7 nitrogen and oxygen atoms in total. The number of fused-ring (bicyclic) bond motifs is 2. The lowest BCUT2D eigenvalue weighted by Crippen LogP contribution is -2.29. The highest BCUT2D eigenvalue weighted by atomic mass is 16.8. The molecule has 176 valence electrons. The first-order chi connectivity index (χ1) is 15.1. The van der Waals surface area contributed by atoms with E-state index in [2.05, 4.69) is 19.1 Å². The van der Waals surface area contributed by atoms with Crippen LogP contribution in [0.15, 0.2) is 30.4 Å². The van der Waals surface area contributed by atoms with Gasteiger partial charge in [0.05, 0.1) is 12.2 Å². The van der Waals surface area contributed by atoms with E-state index >= 15 is 0 Å². The Labute approximate surface area is 189 Å². The van der Waals surface area contributed by atoms with Crippen molar-refractivity contribution < 1.29 is 33.6 Å². The van der Waals surface area contributed by atoms with Crippen LogP contribution in [-0.4, -0.2) is 49.1 Å². The Morgan fingerprint density at radius 1 is 1.12 bits per heavy atom. The topological polar surface area (TPSA) is 83.5 Å². The lowest BCUT2D eigenvalue weighted by Gasteiger charge is -2.23. The van der Waals surface area contributed by atoms with E-state index in [4.69, 9.17) is 23.7 Å². The second-order valence-electron chi connectivity index (χ2n) is 8.95. The van der Waals surface area contributed by atoms with Crippen molar-refractivity contribution in [2.24, 2.45) is 11.8 Å². The van der Waals surface area contributed by atoms with E-state index in [1.807, 2.05) is 33.8 Å². The molecule has 3 unspecified atom stereocenters. The first-order valence-corrected chi connectivity index (χ1v) is 11.0. The molecule has 1 aromatic carbocycles. The van der Waals surface area contributed by atoms with Crippen molar-refractivity contribution >= 4 is 12.0 Å². The van der Waals surface area contributed by atoms with Crippen LogP contribution < -0.4 is 4.74 Å². The number of carbonyl (C=O) groups is 1. The predicted octanol–water partition coefficient (Wildman–Crippen LogP) is 4.69. The summed E-state index contributed by atoms with van der Waals surface area (Å²) in [6.45, 7) is 9.72. The summed E-state index contributed by atoms with van der Waals surface area (Å²) in [7, 11) is 1.48. The van der Waals surface area contributed by atoms with Crippen molar-refractivity contribution in [1.29, 1.82) is 0 Å². The average molecular weight is 447 g/mol. The SMILES string of the molecule is COCOc1cc(O)cc2c1C(=O)O[C@@H](C)[C@H](C)/C=C\C(C)C1OC(C)(C)OC1CC=C2. The van der Waals surface area contributed by atoms with Gasteiger partial charge in [0.15, 0.2) is 12.6 Å². The van der Waals surface area contributed by atoms with Crippen molar-refractivity contribution in [1.82, 2.24) is 0 Å². The largest absolute Gasteiger partial charge is 0.508 e. The number of phenols is 1. The molecule has 0 radical (unpaired) electrons. The van der Waals surface area contributed by atoms with E-state index in [0.29, 0.717) is 12.0 Å². The van der Waals surface area contributed by atoms with Crippen LogP contribution in [0.1, 0.15) is 57.0 Å². The van der Waals surface area contributed by atoms with Gasteiger partial charge in [0.2, 0.25) is 0 Å². The molecule has 1 N–H and O–H groups in total. The minimum Gasteiger partial charge on any atom is -0.508 e. The third-order valence-corrected chi connectivity index (χ3v) is 5.81. The van der Waals surface area contributed by atoms with Gasteiger partial charge in [-0.3, -0.25) is 0 Å². The third-order valence-electron chi connectivity index (χ3n) is 5.81. The fraction of sp³-hybridized carbons (Fsp3) is 0.560. The van der Waals surface area contributed by atoms with Crippen molar-refractivity contribution in [3.05, 3.63) is 41.5 Å². The zero-order valence-corrected chi connectivity index (χ0v) is 19.7. The summed E-state index contributed by atoms with van der Waals surface area (Å²) < 4.78 is 28.7. The van der Waals surface area contributed by atoms with E-state index in [1.54, 1.807) is 6.08 Å². The number of esters is 1. The van der Waals surface area contributed by atoms with Gasteiger partial charge in [-0.25, -0.2) is 4.79 Å². The number of phenolic OH excluding ortho intramolecular Hbond substituents is 1. The molecular formula is C25H34O7. The normalized spacial score (nSPS) is 31.2. The lowest BCUT2D eigenvalue weighted by atomic mass is 9.94. The number of aromatic hydroxyl groups is 1. The molecule has 1 aromatic rings. The molecule has 32 heavy (non-hydrogen) atoms. The number of ether oxygens (including phenoxy) is 5. The first kappa shape index (κ1) is 24.3. The Hall–Kier alpha value is -2.35. The number of benzene rings is 1. The molecule has 1 saturated heterocycles. The summed E-state index contributed by atoms with van der Waals surface area (Å²) in [4.78, 5) is 13.1. The van der Waals surface area contributed by atoms with E-state index in [-0.39, 0.29) is 54.0 Å². The Morgan fingerprint density at radius 2 is 1.84 bits per heavy atom. The molecule has 0 spiro atoms. The fourth-order valence-corrected chi connectivity index (χ4v) is 3.98. The minimum atomic E-state index is -0.672. The first-order valence-electron chi connectivity index (χ1n) is 11.0. The maximum absolute atomic E-state index is 13.1. The fourth-order valence-electron chi connectivity index (χ4n) is 3.98. The van der Waals surface area contributed by atoms with E-state index < -0.39 is 11.8 Å². The lowest BCUT2D eigenvalue weighted by molar-refractivity contribution is -0.148. The Bertz CT molecular complexity index is 873. The second-order valence-corrected chi connectivity index (χ2v) is 8.95. The molecule has 3 rings (SSSR count). The zero-order valence-electron chi connectivity index (χ0n) is 19.7. The summed E-state index contributed by atoms with van der Waals surface area (Å²) in [5.41, 5.74) is 0.737. The van der Waals surface area contributed by atoms with E-state index in [9.17, 15) is 9.90 Å². The van der Waals surface area contributed by atoms with Crippen LogP contribution in [0, 0.1) is 11.8 Å². The highest BCUT2D eigenvalue weighted by Gasteiger charge is 2.42. The molecule has 2 aliphatic rings. The van der Waals surface area contributed by atoms with Gasteiger partial charge in [-0.05, 0) is 38.8 Å². The second kappa shape index (κ2) is 10.1. The average Bonchev–Trinajstić information content (AvgIpc) is 3.03. The molecule has 0 bridgehead atoms. The van der Waals surface area contributed by atoms with Gasteiger partial charge in [0.1, 0.15) is 23.2 Å². The summed E-state index contributed by atoms with van der Waals surface area (Å²) in [6.07, 6.45) is 7.81. The number of hydrogen-bond donors (Lipinski definition) is 1. The van der Waals surface area contributed by atoms with Crippen molar-refractivity contribution in [2.45, 2.75) is 65.1 Å². The monoisotopic (exact) mass is 446 g/mol. The molecular weight excluding hydrogens is 412 g/mol. The van der Waals surface area contributed by atoms with Gasteiger partial charge in [-0.2, -0.15) is 0 Å². The van der Waals surface area contributed by atoms with Crippen molar-refractivity contribution in [3.8, 4) is 11.5 Å². The van der Waals surface area contributed by atoms with Gasteiger partial charge >= 0.3 is 5.97 Å². The number of cyclic esters (lactones) is 1. The number of carbonyl (C=O) groups excluding carboxylic acids is 1. The van der Waals surface area contributed by atoms with Crippen LogP contribution in [0.4, 0.5) is 0 Å². The Kier molecular flexibility index (Phi) is 7.64. The highest BCUT2D eigenvalue weighted by Crippen LogP contribution is 2.36. The molecule has 1 fully saturated rings. The maximum Gasteiger partial charge on any atom is 0.342 e. The minimum absolute atomic E-state index is 0.0161. The molecule has 7 heteroatoms. The Balaban J connectivity index is 2.04. The van der Waals surface area contributed by atoms with Crippen molar-refractivity contribution in [2.75, 3.05) is 13.9 Å². The molecule has 0 aromatic heterocycles. The predicted molar refractivity (Wildman–Crippen MR) is 120 cm³/mol. The molecule has 2 aliphatic heterocycles. The van der Waals surface area contributed by atoms with Crippen LogP contribution >= 0.6 is 0 Å².